The van der Waals surface area contributed by atoms with Crippen LogP contribution in [0.1, 0.15) is 36.0 Å². The lowest BCUT2D eigenvalue weighted by Gasteiger charge is -2.07. The van der Waals surface area contributed by atoms with E-state index in [1.54, 1.807) is 12.1 Å². The van der Waals surface area contributed by atoms with Crippen LogP contribution in [-0.4, -0.2) is 23.4 Å². The Balaban J connectivity index is 2.34. The average molecular weight is 335 g/mol. The number of rotatable bonds is 7. The van der Waals surface area contributed by atoms with Crippen LogP contribution in [0, 0.1) is 0 Å². The van der Waals surface area contributed by atoms with Crippen LogP contribution in [0.4, 0.5) is 0 Å². The van der Waals surface area contributed by atoms with Gasteiger partial charge < -0.3 is 10.4 Å². The first kappa shape index (κ1) is 15.3. The van der Waals surface area contributed by atoms with Crippen molar-refractivity contribution in [1.29, 1.82) is 0 Å². The number of alkyl halides is 1. The average Bonchev–Trinajstić information content (AvgIpc) is 2.36. The maximum atomic E-state index is 11.8. The molecule has 0 radical (unpaired) electrons. The first-order valence-corrected chi connectivity index (χ1v) is 7.30. The molecule has 2 N–H and O–H groups in total. The summed E-state index contributed by atoms with van der Waals surface area (Å²) in [4.78, 5) is 11.8. The van der Waals surface area contributed by atoms with Crippen LogP contribution < -0.4 is 5.32 Å². The number of carbonyl (C=O) groups excluding carboxylic acids is 1. The molecule has 100 valence electrons. The van der Waals surface area contributed by atoms with Gasteiger partial charge in [0.15, 0.2) is 0 Å². The monoisotopic (exact) mass is 333 g/mol. The van der Waals surface area contributed by atoms with Crippen LogP contribution in [0.5, 0.6) is 5.75 Å². The van der Waals surface area contributed by atoms with Crippen molar-refractivity contribution in [3.63, 3.8) is 0 Å². The Kier molecular flexibility index (Phi) is 7.13. The Morgan fingerprint density at radius 2 is 2.00 bits per heavy atom. The molecule has 0 aliphatic rings. The Bertz CT molecular complexity index is 399. The molecule has 0 heterocycles. The van der Waals surface area contributed by atoms with Gasteiger partial charge in [-0.1, -0.05) is 28.8 Å². The highest BCUT2D eigenvalue weighted by Gasteiger charge is 2.10. The van der Waals surface area contributed by atoms with Gasteiger partial charge in [0.1, 0.15) is 5.75 Å². The van der Waals surface area contributed by atoms with E-state index in [1.165, 1.54) is 6.07 Å². The third-order valence-electron chi connectivity index (χ3n) is 2.55. The smallest absolute Gasteiger partial charge is 0.255 e. The third kappa shape index (κ3) is 5.27. The van der Waals surface area contributed by atoms with E-state index >= 15 is 0 Å². The molecular formula is C13H17BrClNO2. The number of halogens is 2. The standard InChI is InChI=1S/C13H17BrClNO2/c14-10-5-6-12(17)11(9-10)13(18)16-8-4-2-1-3-7-15/h5-6,9,17H,1-4,7-8H2,(H,16,18). The molecule has 1 rings (SSSR count). The normalized spacial score (nSPS) is 10.3. The molecule has 1 aromatic rings. The predicted octanol–water partition coefficient (Wildman–Crippen LogP) is 3.68. The summed E-state index contributed by atoms with van der Waals surface area (Å²) in [6.07, 6.45) is 4.08. The van der Waals surface area contributed by atoms with Crippen molar-refractivity contribution in [2.24, 2.45) is 0 Å². The maximum absolute atomic E-state index is 11.8. The van der Waals surface area contributed by atoms with Gasteiger partial charge in [-0.25, -0.2) is 0 Å². The predicted molar refractivity (Wildman–Crippen MR) is 77.3 cm³/mol. The SMILES string of the molecule is O=C(NCCCCCCCl)c1cc(Br)ccc1O. The van der Waals surface area contributed by atoms with Crippen molar-refractivity contribution in [2.75, 3.05) is 12.4 Å². The summed E-state index contributed by atoms with van der Waals surface area (Å²) in [6.45, 7) is 0.618. The topological polar surface area (TPSA) is 49.3 Å². The van der Waals surface area contributed by atoms with E-state index in [0.29, 0.717) is 18.0 Å². The fourth-order valence-electron chi connectivity index (χ4n) is 1.56. The number of benzene rings is 1. The lowest BCUT2D eigenvalue weighted by Crippen LogP contribution is -2.24. The number of carbonyl (C=O) groups is 1. The van der Waals surface area contributed by atoms with E-state index < -0.39 is 0 Å². The molecule has 0 fully saturated rings. The van der Waals surface area contributed by atoms with Gasteiger partial charge in [0.05, 0.1) is 5.56 Å². The molecule has 5 heteroatoms. The number of aromatic hydroxyl groups is 1. The van der Waals surface area contributed by atoms with E-state index in [-0.39, 0.29) is 11.7 Å². The van der Waals surface area contributed by atoms with Crippen LogP contribution in [0.2, 0.25) is 0 Å². The first-order valence-electron chi connectivity index (χ1n) is 5.98. The maximum Gasteiger partial charge on any atom is 0.255 e. The molecule has 1 amide bonds. The second-order valence-corrected chi connectivity index (χ2v) is 5.31. The summed E-state index contributed by atoms with van der Waals surface area (Å²) >= 11 is 8.85. The van der Waals surface area contributed by atoms with Crippen LogP contribution in [0.25, 0.3) is 0 Å². The van der Waals surface area contributed by atoms with Gasteiger partial charge in [-0.15, -0.1) is 11.6 Å². The lowest BCUT2D eigenvalue weighted by molar-refractivity contribution is 0.0950. The van der Waals surface area contributed by atoms with Crippen LogP contribution in [0.3, 0.4) is 0 Å². The Labute approximate surface area is 121 Å². The number of unbranched alkanes of at least 4 members (excludes halogenated alkanes) is 3. The first-order chi connectivity index (χ1) is 8.65. The summed E-state index contributed by atoms with van der Waals surface area (Å²) in [5, 5.41) is 12.4. The second kappa shape index (κ2) is 8.38. The number of hydrogen-bond acceptors (Lipinski definition) is 2. The summed E-state index contributed by atoms with van der Waals surface area (Å²) in [6, 6.07) is 4.80. The molecule has 0 aromatic heterocycles. The largest absolute Gasteiger partial charge is 0.507 e. The second-order valence-electron chi connectivity index (χ2n) is 4.02. The Morgan fingerprint density at radius 3 is 2.72 bits per heavy atom. The fourth-order valence-corrected chi connectivity index (χ4v) is 2.11. The summed E-state index contributed by atoms with van der Waals surface area (Å²) in [7, 11) is 0. The van der Waals surface area contributed by atoms with E-state index in [2.05, 4.69) is 21.2 Å². The van der Waals surface area contributed by atoms with Gasteiger partial charge in [0.2, 0.25) is 0 Å². The number of amides is 1. The van der Waals surface area contributed by atoms with Gasteiger partial charge in [-0.2, -0.15) is 0 Å². The van der Waals surface area contributed by atoms with E-state index in [9.17, 15) is 9.90 Å². The van der Waals surface area contributed by atoms with Gasteiger partial charge in [0, 0.05) is 16.9 Å². The van der Waals surface area contributed by atoms with Crippen molar-refractivity contribution in [3.05, 3.63) is 28.2 Å². The summed E-state index contributed by atoms with van der Waals surface area (Å²) in [5.74, 6) is 0.446. The van der Waals surface area contributed by atoms with Crippen molar-refractivity contribution in [1.82, 2.24) is 5.32 Å². The van der Waals surface area contributed by atoms with Crippen LogP contribution in [-0.2, 0) is 0 Å². The zero-order chi connectivity index (χ0) is 13.4. The van der Waals surface area contributed by atoms with Crippen LogP contribution >= 0.6 is 27.5 Å². The minimum atomic E-state index is -0.244. The van der Waals surface area contributed by atoms with Crippen molar-refractivity contribution >= 4 is 33.4 Å². The highest BCUT2D eigenvalue weighted by atomic mass is 79.9. The molecule has 0 bridgehead atoms. The third-order valence-corrected chi connectivity index (χ3v) is 3.31. The number of phenolic OH excluding ortho intramolecular Hbond substituents is 1. The summed E-state index contributed by atoms with van der Waals surface area (Å²) < 4.78 is 0.771. The van der Waals surface area contributed by atoms with Crippen molar-refractivity contribution < 1.29 is 9.90 Å². The molecule has 0 atom stereocenters. The Hall–Kier alpha value is -0.740. The molecule has 0 spiro atoms. The fraction of sp³-hybridized carbons (Fsp3) is 0.462. The van der Waals surface area contributed by atoms with Crippen molar-refractivity contribution in [2.45, 2.75) is 25.7 Å². The molecule has 0 aliphatic heterocycles. The number of phenols is 1. The van der Waals surface area contributed by atoms with Crippen LogP contribution in [0.15, 0.2) is 22.7 Å². The van der Waals surface area contributed by atoms with Gasteiger partial charge >= 0.3 is 0 Å². The summed E-state index contributed by atoms with van der Waals surface area (Å²) in [5.41, 5.74) is 0.296. The zero-order valence-electron chi connectivity index (χ0n) is 10.1. The molecule has 0 saturated heterocycles. The van der Waals surface area contributed by atoms with E-state index in [4.69, 9.17) is 11.6 Å². The molecule has 0 aliphatic carbocycles. The van der Waals surface area contributed by atoms with Crippen molar-refractivity contribution in [3.8, 4) is 5.75 Å². The quantitative estimate of drug-likeness (QED) is 0.590. The van der Waals surface area contributed by atoms with Gasteiger partial charge in [-0.05, 0) is 31.0 Å². The molecule has 18 heavy (non-hydrogen) atoms. The zero-order valence-corrected chi connectivity index (χ0v) is 12.4. The number of nitrogens with one attached hydrogen (secondary N) is 1. The van der Waals surface area contributed by atoms with Gasteiger partial charge in [-0.3, -0.25) is 4.79 Å². The Morgan fingerprint density at radius 1 is 1.28 bits per heavy atom. The molecule has 1 aromatic carbocycles. The molecule has 3 nitrogen and oxygen atoms in total. The highest BCUT2D eigenvalue weighted by molar-refractivity contribution is 9.10. The lowest BCUT2D eigenvalue weighted by atomic mass is 10.1. The van der Waals surface area contributed by atoms with E-state index in [1.807, 2.05) is 0 Å². The number of hydrogen-bond donors (Lipinski definition) is 2. The highest BCUT2D eigenvalue weighted by Crippen LogP contribution is 2.21. The van der Waals surface area contributed by atoms with Gasteiger partial charge in [0.25, 0.3) is 5.91 Å². The molecular weight excluding hydrogens is 318 g/mol. The molecule has 0 unspecified atom stereocenters. The minimum absolute atomic E-state index is 0.00200. The minimum Gasteiger partial charge on any atom is -0.507 e. The molecule has 0 saturated carbocycles. The van der Waals surface area contributed by atoms with E-state index in [0.717, 1.165) is 30.2 Å².